The van der Waals surface area contributed by atoms with Crippen LogP contribution < -0.4 is 15.0 Å². The van der Waals surface area contributed by atoms with Crippen molar-refractivity contribution in [2.45, 2.75) is 32.9 Å². The number of nitrogens with zero attached hydrogens (tertiary/aromatic N) is 3. The molecule has 3 heterocycles. The summed E-state index contributed by atoms with van der Waals surface area (Å²) in [6, 6.07) is 23.5. The number of carbonyl (C=O) groups is 2. The van der Waals surface area contributed by atoms with E-state index in [2.05, 4.69) is 33.4 Å². The van der Waals surface area contributed by atoms with E-state index in [-0.39, 0.29) is 5.91 Å². The molecular formula is C32H29N5O3. The number of amides is 1. The van der Waals surface area contributed by atoms with Crippen molar-refractivity contribution in [3.05, 3.63) is 107 Å². The van der Waals surface area contributed by atoms with E-state index in [1.54, 1.807) is 6.07 Å². The highest BCUT2D eigenvalue weighted by molar-refractivity contribution is 5.96. The first-order valence-corrected chi connectivity index (χ1v) is 13.4. The number of benzene rings is 3. The molecule has 2 aromatic heterocycles. The van der Waals surface area contributed by atoms with E-state index in [4.69, 9.17) is 9.72 Å². The molecule has 0 unspecified atom stereocenters. The van der Waals surface area contributed by atoms with Crippen LogP contribution in [-0.2, 0) is 30.7 Å². The Kier molecular flexibility index (Phi) is 6.97. The summed E-state index contributed by atoms with van der Waals surface area (Å²) < 4.78 is 5.06. The average molecular weight is 532 g/mol. The lowest BCUT2D eigenvalue weighted by molar-refractivity contribution is -0.120. The molecule has 1 aliphatic rings. The number of aromatic amines is 1. The second-order valence-electron chi connectivity index (χ2n) is 9.83. The highest BCUT2D eigenvalue weighted by Gasteiger charge is 2.25. The second-order valence-corrected chi connectivity index (χ2v) is 9.83. The number of aryl methyl sites for hydroxylation is 1. The highest BCUT2D eigenvalue weighted by atomic mass is 16.5. The lowest BCUT2D eigenvalue weighted by Gasteiger charge is -2.31. The van der Waals surface area contributed by atoms with E-state index in [1.165, 1.54) is 0 Å². The van der Waals surface area contributed by atoms with Crippen molar-refractivity contribution < 1.29 is 14.3 Å². The number of ether oxygens (including phenoxy) is 1. The third-order valence-electron chi connectivity index (χ3n) is 7.44. The van der Waals surface area contributed by atoms with Gasteiger partial charge < -0.3 is 15.0 Å². The summed E-state index contributed by atoms with van der Waals surface area (Å²) in [5.74, 6) is 1.30. The van der Waals surface area contributed by atoms with E-state index < -0.39 is 0 Å². The van der Waals surface area contributed by atoms with Gasteiger partial charge in [0.25, 0.3) is 12.4 Å². The Morgan fingerprint density at radius 2 is 1.98 bits per heavy atom. The number of carbonyl (C=O) groups excluding carboxylic acids is 2. The summed E-state index contributed by atoms with van der Waals surface area (Å²) in [4.78, 5) is 31.3. The first-order valence-electron chi connectivity index (χ1n) is 13.4. The maximum Gasteiger partial charge on any atom is 0.298 e. The van der Waals surface area contributed by atoms with Gasteiger partial charge in [0.15, 0.2) is 0 Å². The number of hydrogen-bond acceptors (Lipinski definition) is 6. The first-order chi connectivity index (χ1) is 19.6. The van der Waals surface area contributed by atoms with Crippen molar-refractivity contribution in [2.24, 2.45) is 0 Å². The maximum atomic E-state index is 13.1. The monoisotopic (exact) mass is 531 g/mol. The quantitative estimate of drug-likeness (QED) is 0.267. The van der Waals surface area contributed by atoms with Crippen molar-refractivity contribution in [3.8, 4) is 17.0 Å². The molecule has 0 saturated heterocycles. The summed E-state index contributed by atoms with van der Waals surface area (Å²) in [6.45, 7) is 4.35. The third-order valence-corrected chi connectivity index (χ3v) is 7.44. The molecule has 6 rings (SSSR count). The lowest BCUT2D eigenvalue weighted by atomic mass is 9.93. The van der Waals surface area contributed by atoms with E-state index in [9.17, 15) is 9.59 Å². The molecule has 3 aromatic carbocycles. The molecular weight excluding hydrogens is 502 g/mol. The van der Waals surface area contributed by atoms with Gasteiger partial charge in [0.1, 0.15) is 11.6 Å². The third kappa shape index (κ3) is 4.91. The fraction of sp³-hybridized carbons (Fsp3) is 0.188. The van der Waals surface area contributed by atoms with Gasteiger partial charge in [-0.2, -0.15) is 5.10 Å². The molecule has 0 fully saturated rings. The van der Waals surface area contributed by atoms with Crippen LogP contribution in [0.1, 0.15) is 39.5 Å². The van der Waals surface area contributed by atoms with Crippen LogP contribution in [0.2, 0.25) is 0 Å². The molecule has 1 amide bonds. The van der Waals surface area contributed by atoms with Crippen molar-refractivity contribution in [3.63, 3.8) is 0 Å². The molecule has 8 heteroatoms. The second kappa shape index (κ2) is 11.0. The molecule has 0 saturated carbocycles. The van der Waals surface area contributed by atoms with E-state index in [0.717, 1.165) is 75.2 Å². The number of hydrogen-bond donors (Lipinski definition) is 2. The van der Waals surface area contributed by atoms with Gasteiger partial charge in [-0.3, -0.25) is 14.7 Å². The smallest absolute Gasteiger partial charge is 0.298 e. The average Bonchev–Trinajstić information content (AvgIpc) is 3.48. The number of pyridine rings is 1. The topological polar surface area (TPSA) is 100 Å². The minimum absolute atomic E-state index is 0.0550. The van der Waals surface area contributed by atoms with E-state index in [1.807, 2.05) is 66.9 Å². The standard InChI is InChI=1S/C32H29N5O3/c1-2-22-15-24(40-20-38)11-12-26(22)29-16-30-28(18-34-36-30)31(35-29)37-14-13-25-23(19-37)9-6-10-27(25)32(39)33-17-21-7-4-3-5-8-21/h3-12,15-16,18,20H,2,13-14,17,19H2,1H3,(H,33,39)(H,34,36). The van der Waals surface area contributed by atoms with Gasteiger partial charge in [-0.15, -0.1) is 0 Å². The Morgan fingerprint density at radius 1 is 1.10 bits per heavy atom. The Balaban J connectivity index is 1.30. The number of anilines is 1. The number of fused-ring (bicyclic) bond motifs is 2. The Bertz CT molecular complexity index is 1700. The van der Waals surface area contributed by atoms with Crippen molar-refractivity contribution >= 4 is 29.1 Å². The van der Waals surface area contributed by atoms with Gasteiger partial charge in [0.05, 0.1) is 22.8 Å². The van der Waals surface area contributed by atoms with Gasteiger partial charge in [0, 0.05) is 30.8 Å². The SMILES string of the molecule is CCc1cc(OC=O)ccc1-c1cc2[nH]ncc2c(N2CCc3c(cccc3C(=O)NCc3ccccc3)C2)n1. The molecule has 0 atom stereocenters. The normalized spacial score (nSPS) is 12.7. The largest absolute Gasteiger partial charge is 0.429 e. The molecule has 5 aromatic rings. The minimum Gasteiger partial charge on any atom is -0.429 e. The summed E-state index contributed by atoms with van der Waals surface area (Å²) >= 11 is 0. The summed E-state index contributed by atoms with van der Waals surface area (Å²) in [5, 5.41) is 11.4. The van der Waals surface area contributed by atoms with Crippen LogP contribution >= 0.6 is 0 Å². The van der Waals surface area contributed by atoms with Gasteiger partial charge >= 0.3 is 0 Å². The van der Waals surface area contributed by atoms with Crippen LogP contribution in [-0.4, -0.2) is 34.1 Å². The lowest BCUT2D eigenvalue weighted by Crippen LogP contribution is -2.33. The zero-order valence-corrected chi connectivity index (χ0v) is 22.2. The van der Waals surface area contributed by atoms with Gasteiger partial charge in [-0.05, 0) is 65.4 Å². The maximum absolute atomic E-state index is 13.1. The predicted molar refractivity (Wildman–Crippen MR) is 154 cm³/mol. The summed E-state index contributed by atoms with van der Waals surface area (Å²) in [6.07, 6.45) is 3.30. The summed E-state index contributed by atoms with van der Waals surface area (Å²) in [5.41, 5.74) is 7.74. The molecule has 1 aliphatic heterocycles. The number of aromatic nitrogens is 3. The van der Waals surface area contributed by atoms with Crippen molar-refractivity contribution in [1.82, 2.24) is 20.5 Å². The predicted octanol–water partition coefficient (Wildman–Crippen LogP) is 5.22. The van der Waals surface area contributed by atoms with Crippen LogP contribution in [0.4, 0.5) is 5.82 Å². The molecule has 0 bridgehead atoms. The number of H-pyrrole nitrogens is 1. The first kappa shape index (κ1) is 25.3. The van der Waals surface area contributed by atoms with Crippen LogP contribution in [0.15, 0.2) is 79.0 Å². The fourth-order valence-corrected chi connectivity index (χ4v) is 5.42. The minimum atomic E-state index is -0.0550. The molecule has 2 N–H and O–H groups in total. The van der Waals surface area contributed by atoms with Crippen LogP contribution in [0, 0.1) is 0 Å². The van der Waals surface area contributed by atoms with E-state index >= 15 is 0 Å². The van der Waals surface area contributed by atoms with Crippen LogP contribution in [0.5, 0.6) is 5.75 Å². The number of nitrogens with one attached hydrogen (secondary N) is 2. The van der Waals surface area contributed by atoms with Crippen molar-refractivity contribution in [2.75, 3.05) is 11.4 Å². The zero-order valence-electron chi connectivity index (χ0n) is 22.2. The Labute approximate surface area is 232 Å². The molecule has 0 radical (unpaired) electrons. The molecule has 200 valence electrons. The molecule has 8 nitrogen and oxygen atoms in total. The Hall–Kier alpha value is -4.98. The molecule has 40 heavy (non-hydrogen) atoms. The summed E-state index contributed by atoms with van der Waals surface area (Å²) in [7, 11) is 0. The Morgan fingerprint density at radius 3 is 2.80 bits per heavy atom. The van der Waals surface area contributed by atoms with E-state index in [0.29, 0.717) is 25.3 Å². The van der Waals surface area contributed by atoms with Crippen molar-refractivity contribution in [1.29, 1.82) is 0 Å². The highest BCUT2D eigenvalue weighted by Crippen LogP contribution is 2.34. The number of rotatable bonds is 8. The van der Waals surface area contributed by atoms with Gasteiger partial charge in [-0.25, -0.2) is 4.98 Å². The van der Waals surface area contributed by atoms with Crippen LogP contribution in [0.3, 0.4) is 0 Å². The molecule has 0 aliphatic carbocycles. The fourth-order valence-electron chi connectivity index (χ4n) is 5.42. The zero-order chi connectivity index (χ0) is 27.5. The van der Waals surface area contributed by atoms with Crippen LogP contribution in [0.25, 0.3) is 22.2 Å². The van der Waals surface area contributed by atoms with Gasteiger partial charge in [-0.1, -0.05) is 49.4 Å². The molecule has 0 spiro atoms. The van der Waals surface area contributed by atoms with Gasteiger partial charge in [0.2, 0.25) is 0 Å².